The van der Waals surface area contributed by atoms with E-state index >= 15 is 0 Å². The largest absolute Gasteiger partial charge is 0.496 e. The third-order valence-corrected chi connectivity index (χ3v) is 3.12. The Morgan fingerprint density at radius 1 is 1.53 bits per heavy atom. The number of rotatable bonds is 3. The number of likely N-dealkylation sites (tertiary alicyclic amines) is 1. The van der Waals surface area contributed by atoms with Crippen LogP contribution in [0.2, 0.25) is 0 Å². The lowest BCUT2D eigenvalue weighted by atomic mass is 10.1. The highest BCUT2D eigenvalue weighted by Gasteiger charge is 2.23. The quantitative estimate of drug-likeness (QED) is 0.907. The first-order chi connectivity index (χ1) is 7.19. The molecule has 0 unspecified atom stereocenters. The van der Waals surface area contributed by atoms with Crippen molar-refractivity contribution in [1.82, 2.24) is 4.90 Å². The monoisotopic (exact) mass is 270 g/mol. The second kappa shape index (κ2) is 4.51. The zero-order chi connectivity index (χ0) is 10.8. The van der Waals surface area contributed by atoms with E-state index in [0.29, 0.717) is 6.04 Å². The van der Waals surface area contributed by atoms with Crippen LogP contribution < -0.4 is 10.5 Å². The summed E-state index contributed by atoms with van der Waals surface area (Å²) in [6.07, 6.45) is 0. The molecule has 2 rings (SSSR count). The molecule has 82 valence electrons. The molecule has 15 heavy (non-hydrogen) atoms. The first-order valence-corrected chi connectivity index (χ1v) is 5.78. The normalized spacial score (nSPS) is 17.5. The molecule has 1 heterocycles. The first-order valence-electron chi connectivity index (χ1n) is 4.99. The highest BCUT2D eigenvalue weighted by molar-refractivity contribution is 9.10. The molecule has 0 atom stereocenters. The van der Waals surface area contributed by atoms with E-state index < -0.39 is 0 Å². The van der Waals surface area contributed by atoms with Crippen LogP contribution in [0.4, 0.5) is 0 Å². The van der Waals surface area contributed by atoms with Gasteiger partial charge >= 0.3 is 0 Å². The molecular formula is C11H15BrN2O. The molecule has 4 heteroatoms. The Kier molecular flexibility index (Phi) is 3.29. The highest BCUT2D eigenvalue weighted by atomic mass is 79.9. The summed E-state index contributed by atoms with van der Waals surface area (Å²) in [5, 5.41) is 0. The standard InChI is InChI=1S/C11H15BrN2O/c1-15-11-3-2-9(12)4-8(11)5-14-6-10(13)7-14/h2-4,10H,5-7,13H2,1H3. The van der Waals surface area contributed by atoms with Crippen molar-refractivity contribution in [3.8, 4) is 5.75 Å². The van der Waals surface area contributed by atoms with Gasteiger partial charge in [-0.15, -0.1) is 0 Å². The number of methoxy groups -OCH3 is 1. The van der Waals surface area contributed by atoms with Crippen LogP contribution in [0.25, 0.3) is 0 Å². The second-order valence-electron chi connectivity index (χ2n) is 3.91. The summed E-state index contributed by atoms with van der Waals surface area (Å²) >= 11 is 3.47. The maximum absolute atomic E-state index is 5.74. The molecule has 0 saturated carbocycles. The Hall–Kier alpha value is -0.580. The minimum atomic E-state index is 0.350. The molecule has 0 bridgehead atoms. The zero-order valence-electron chi connectivity index (χ0n) is 8.74. The smallest absolute Gasteiger partial charge is 0.123 e. The summed E-state index contributed by atoms with van der Waals surface area (Å²) in [7, 11) is 1.70. The van der Waals surface area contributed by atoms with E-state index in [1.807, 2.05) is 12.1 Å². The van der Waals surface area contributed by atoms with Crippen LogP contribution in [0.1, 0.15) is 5.56 Å². The number of halogens is 1. The number of nitrogens with zero attached hydrogens (tertiary/aromatic N) is 1. The summed E-state index contributed by atoms with van der Waals surface area (Å²) in [5.74, 6) is 0.943. The fourth-order valence-corrected chi connectivity index (χ4v) is 2.26. The minimum Gasteiger partial charge on any atom is -0.496 e. The molecule has 2 N–H and O–H groups in total. The number of nitrogens with two attached hydrogens (primary N) is 1. The van der Waals surface area contributed by atoms with Crippen LogP contribution in [0.15, 0.2) is 22.7 Å². The van der Waals surface area contributed by atoms with Gasteiger partial charge in [-0.3, -0.25) is 4.90 Å². The van der Waals surface area contributed by atoms with Gasteiger partial charge < -0.3 is 10.5 Å². The van der Waals surface area contributed by atoms with Gasteiger partial charge in [0.1, 0.15) is 5.75 Å². The van der Waals surface area contributed by atoms with Crippen molar-refractivity contribution in [3.63, 3.8) is 0 Å². The zero-order valence-corrected chi connectivity index (χ0v) is 10.3. The molecule has 0 aromatic heterocycles. The Balaban J connectivity index is 2.08. The van der Waals surface area contributed by atoms with E-state index in [2.05, 4.69) is 26.9 Å². The van der Waals surface area contributed by atoms with Crippen LogP contribution in [0.5, 0.6) is 5.75 Å². The molecule has 1 aromatic rings. The summed E-state index contributed by atoms with van der Waals surface area (Å²) in [6.45, 7) is 2.88. The van der Waals surface area contributed by atoms with Gasteiger partial charge in [0.15, 0.2) is 0 Å². The predicted octanol–water partition coefficient (Wildman–Crippen LogP) is 1.60. The molecule has 3 nitrogen and oxygen atoms in total. The Labute approximate surface area is 98.3 Å². The average Bonchev–Trinajstić information content (AvgIpc) is 2.16. The lowest BCUT2D eigenvalue weighted by Gasteiger charge is -2.37. The van der Waals surface area contributed by atoms with Crippen molar-refractivity contribution in [2.75, 3.05) is 20.2 Å². The van der Waals surface area contributed by atoms with Crippen molar-refractivity contribution in [2.45, 2.75) is 12.6 Å². The van der Waals surface area contributed by atoms with Gasteiger partial charge in [0.2, 0.25) is 0 Å². The lowest BCUT2D eigenvalue weighted by molar-refractivity contribution is 0.141. The van der Waals surface area contributed by atoms with Gasteiger partial charge in [0.25, 0.3) is 0 Å². The fraction of sp³-hybridized carbons (Fsp3) is 0.455. The fourth-order valence-electron chi connectivity index (χ4n) is 1.85. The van der Waals surface area contributed by atoms with E-state index in [4.69, 9.17) is 10.5 Å². The first kappa shape index (κ1) is 10.9. The summed E-state index contributed by atoms with van der Waals surface area (Å²) in [5.41, 5.74) is 6.95. The third kappa shape index (κ3) is 2.51. The molecule has 1 aliphatic rings. The summed E-state index contributed by atoms with van der Waals surface area (Å²) < 4.78 is 6.40. The molecule has 1 fully saturated rings. The second-order valence-corrected chi connectivity index (χ2v) is 4.83. The molecule has 1 aliphatic heterocycles. The summed E-state index contributed by atoms with van der Waals surface area (Å²) in [6, 6.07) is 6.43. The van der Waals surface area contributed by atoms with Crippen molar-refractivity contribution < 1.29 is 4.74 Å². The van der Waals surface area contributed by atoms with E-state index in [-0.39, 0.29) is 0 Å². The van der Waals surface area contributed by atoms with E-state index in [0.717, 1.165) is 29.9 Å². The molecular weight excluding hydrogens is 256 g/mol. The molecule has 0 aliphatic carbocycles. The number of benzene rings is 1. The van der Waals surface area contributed by atoms with Crippen molar-refractivity contribution >= 4 is 15.9 Å². The van der Waals surface area contributed by atoms with Gasteiger partial charge in [-0.2, -0.15) is 0 Å². The average molecular weight is 271 g/mol. The maximum atomic E-state index is 5.74. The van der Waals surface area contributed by atoms with Gasteiger partial charge in [0.05, 0.1) is 7.11 Å². The Morgan fingerprint density at radius 3 is 2.87 bits per heavy atom. The van der Waals surface area contributed by atoms with Gasteiger partial charge in [-0.05, 0) is 18.2 Å². The van der Waals surface area contributed by atoms with E-state index in [9.17, 15) is 0 Å². The van der Waals surface area contributed by atoms with Crippen molar-refractivity contribution in [2.24, 2.45) is 5.73 Å². The van der Waals surface area contributed by atoms with Crippen LogP contribution in [0, 0.1) is 0 Å². The minimum absolute atomic E-state index is 0.350. The van der Waals surface area contributed by atoms with Gasteiger partial charge in [-0.25, -0.2) is 0 Å². The van der Waals surface area contributed by atoms with E-state index in [1.165, 1.54) is 5.56 Å². The van der Waals surface area contributed by atoms with Crippen LogP contribution in [-0.4, -0.2) is 31.1 Å². The third-order valence-electron chi connectivity index (χ3n) is 2.62. The van der Waals surface area contributed by atoms with Gasteiger partial charge in [-0.1, -0.05) is 15.9 Å². The number of hydrogen-bond donors (Lipinski definition) is 1. The summed E-state index contributed by atoms with van der Waals surface area (Å²) in [4.78, 5) is 2.31. The van der Waals surface area contributed by atoms with Crippen molar-refractivity contribution in [1.29, 1.82) is 0 Å². The predicted molar refractivity (Wildman–Crippen MR) is 63.9 cm³/mol. The number of hydrogen-bond acceptors (Lipinski definition) is 3. The Morgan fingerprint density at radius 2 is 2.27 bits per heavy atom. The molecule has 1 saturated heterocycles. The Bertz CT molecular complexity index is 350. The van der Waals surface area contributed by atoms with Gasteiger partial charge in [0, 0.05) is 35.7 Å². The number of ether oxygens (including phenoxy) is 1. The maximum Gasteiger partial charge on any atom is 0.123 e. The molecule has 0 spiro atoms. The molecule has 1 aromatic carbocycles. The molecule has 0 radical (unpaired) electrons. The van der Waals surface area contributed by atoms with Crippen LogP contribution in [-0.2, 0) is 6.54 Å². The van der Waals surface area contributed by atoms with Crippen LogP contribution in [0.3, 0.4) is 0 Å². The van der Waals surface area contributed by atoms with E-state index in [1.54, 1.807) is 7.11 Å². The highest BCUT2D eigenvalue weighted by Crippen LogP contribution is 2.25. The topological polar surface area (TPSA) is 38.5 Å². The molecule has 0 amide bonds. The van der Waals surface area contributed by atoms with Crippen LogP contribution >= 0.6 is 15.9 Å². The SMILES string of the molecule is COc1ccc(Br)cc1CN1CC(N)C1. The van der Waals surface area contributed by atoms with Crippen molar-refractivity contribution in [3.05, 3.63) is 28.2 Å². The lowest BCUT2D eigenvalue weighted by Crippen LogP contribution is -2.54.